The normalized spacial score (nSPS) is 21.0. The maximum Gasteiger partial charge on any atom is 0.498 e. The quantitative estimate of drug-likeness (QED) is 0.593. The van der Waals surface area contributed by atoms with Crippen LogP contribution in [0.15, 0.2) is 12.4 Å². The van der Waals surface area contributed by atoms with E-state index in [9.17, 15) is 0 Å². The molecule has 0 radical (unpaired) electrons. The highest BCUT2D eigenvalue weighted by atomic mass is 16.7. The smallest absolute Gasteiger partial charge is 0.399 e. The van der Waals surface area contributed by atoms with Crippen molar-refractivity contribution in [1.29, 1.82) is 0 Å². The lowest BCUT2D eigenvalue weighted by Gasteiger charge is -2.32. The number of aromatic nitrogens is 2. The lowest BCUT2D eigenvalue weighted by Crippen LogP contribution is -2.41. The zero-order chi connectivity index (χ0) is 14.1. The van der Waals surface area contributed by atoms with E-state index in [0.717, 1.165) is 18.6 Å². The first-order chi connectivity index (χ1) is 8.86. The summed E-state index contributed by atoms with van der Waals surface area (Å²) in [5.74, 6) is 0. The van der Waals surface area contributed by atoms with Gasteiger partial charge in [0.05, 0.1) is 24.4 Å². The largest absolute Gasteiger partial charge is 0.498 e. The van der Waals surface area contributed by atoms with Gasteiger partial charge in [0.1, 0.15) is 0 Å². The number of hydrogen-bond donors (Lipinski definition) is 0. The summed E-state index contributed by atoms with van der Waals surface area (Å²) in [4.78, 5) is 0. The molecular formula is C13H23BN2O3. The molecule has 106 valence electrons. The minimum Gasteiger partial charge on any atom is -0.399 e. The first-order valence-electron chi connectivity index (χ1n) is 6.81. The van der Waals surface area contributed by atoms with Crippen LogP contribution in [0, 0.1) is 0 Å². The van der Waals surface area contributed by atoms with Gasteiger partial charge in [-0.2, -0.15) is 5.10 Å². The molecule has 0 bridgehead atoms. The molecular weight excluding hydrogens is 243 g/mol. The van der Waals surface area contributed by atoms with E-state index in [2.05, 4.69) is 5.10 Å². The Balaban J connectivity index is 2.00. The van der Waals surface area contributed by atoms with Crippen LogP contribution >= 0.6 is 0 Å². The first kappa shape index (κ1) is 14.6. The molecule has 0 amide bonds. The van der Waals surface area contributed by atoms with E-state index in [4.69, 9.17) is 14.0 Å². The van der Waals surface area contributed by atoms with Crippen molar-refractivity contribution in [2.75, 3.05) is 13.2 Å². The average Bonchev–Trinajstić information content (AvgIpc) is 2.83. The summed E-state index contributed by atoms with van der Waals surface area (Å²) in [7, 11) is -0.342. The average molecular weight is 266 g/mol. The van der Waals surface area contributed by atoms with Crippen LogP contribution in [0.1, 0.15) is 34.6 Å². The Kier molecular flexibility index (Phi) is 4.04. The molecule has 1 aromatic rings. The van der Waals surface area contributed by atoms with Gasteiger partial charge < -0.3 is 14.0 Å². The highest BCUT2D eigenvalue weighted by molar-refractivity contribution is 6.61. The van der Waals surface area contributed by atoms with Crippen molar-refractivity contribution in [2.24, 2.45) is 0 Å². The Morgan fingerprint density at radius 3 is 2.47 bits per heavy atom. The monoisotopic (exact) mass is 266 g/mol. The fourth-order valence-electron chi connectivity index (χ4n) is 1.91. The van der Waals surface area contributed by atoms with Crippen molar-refractivity contribution in [3.63, 3.8) is 0 Å². The molecule has 2 heterocycles. The molecule has 0 aromatic carbocycles. The maximum atomic E-state index is 5.98. The number of rotatable bonds is 5. The van der Waals surface area contributed by atoms with Gasteiger partial charge in [0, 0.05) is 24.5 Å². The van der Waals surface area contributed by atoms with Gasteiger partial charge in [-0.3, -0.25) is 4.68 Å². The van der Waals surface area contributed by atoms with Gasteiger partial charge in [0.15, 0.2) is 0 Å². The van der Waals surface area contributed by atoms with E-state index < -0.39 is 0 Å². The van der Waals surface area contributed by atoms with Crippen LogP contribution in [-0.2, 0) is 20.6 Å². The predicted molar refractivity (Wildman–Crippen MR) is 74.4 cm³/mol. The van der Waals surface area contributed by atoms with Crippen LogP contribution < -0.4 is 5.46 Å². The summed E-state index contributed by atoms with van der Waals surface area (Å²) in [6, 6.07) is 0. The van der Waals surface area contributed by atoms with Crippen LogP contribution in [0.25, 0.3) is 0 Å². The zero-order valence-corrected chi connectivity index (χ0v) is 12.5. The third-order valence-corrected chi connectivity index (χ3v) is 3.85. The molecule has 1 aliphatic rings. The predicted octanol–water partition coefficient (Wildman–Crippen LogP) is 1.22. The van der Waals surface area contributed by atoms with Crippen LogP contribution in [0.3, 0.4) is 0 Å². The van der Waals surface area contributed by atoms with E-state index in [0.29, 0.717) is 6.61 Å². The fraction of sp³-hybridized carbons (Fsp3) is 0.769. The molecule has 1 saturated heterocycles. The van der Waals surface area contributed by atoms with Gasteiger partial charge in [-0.15, -0.1) is 0 Å². The third-order valence-electron chi connectivity index (χ3n) is 3.85. The summed E-state index contributed by atoms with van der Waals surface area (Å²) >= 11 is 0. The fourth-order valence-corrected chi connectivity index (χ4v) is 1.91. The molecule has 0 unspecified atom stereocenters. The van der Waals surface area contributed by atoms with Crippen molar-refractivity contribution >= 4 is 12.6 Å². The van der Waals surface area contributed by atoms with E-state index in [1.165, 1.54) is 0 Å². The van der Waals surface area contributed by atoms with E-state index >= 15 is 0 Å². The van der Waals surface area contributed by atoms with Crippen LogP contribution in [0.2, 0.25) is 0 Å². The Bertz CT molecular complexity index is 415. The van der Waals surface area contributed by atoms with Crippen molar-refractivity contribution < 1.29 is 14.0 Å². The molecule has 2 rings (SSSR count). The summed E-state index contributed by atoms with van der Waals surface area (Å²) in [5, 5.41) is 4.30. The van der Waals surface area contributed by atoms with Crippen molar-refractivity contribution in [3.05, 3.63) is 12.4 Å². The van der Waals surface area contributed by atoms with Crippen LogP contribution in [0.4, 0.5) is 0 Å². The van der Waals surface area contributed by atoms with Gasteiger partial charge in [-0.25, -0.2) is 0 Å². The number of nitrogens with zero attached hydrogens (tertiary/aromatic N) is 2. The molecule has 0 spiro atoms. The lowest BCUT2D eigenvalue weighted by molar-refractivity contribution is 0.00578. The summed E-state index contributed by atoms with van der Waals surface area (Å²) < 4.78 is 19.1. The first-order valence-corrected chi connectivity index (χ1v) is 6.81. The van der Waals surface area contributed by atoms with E-state index in [-0.39, 0.29) is 18.3 Å². The van der Waals surface area contributed by atoms with Crippen LogP contribution in [0.5, 0.6) is 0 Å². The molecule has 19 heavy (non-hydrogen) atoms. The minimum absolute atomic E-state index is 0.314. The highest BCUT2D eigenvalue weighted by Crippen LogP contribution is 2.36. The second-order valence-corrected chi connectivity index (χ2v) is 5.82. The van der Waals surface area contributed by atoms with Crippen molar-refractivity contribution in [3.8, 4) is 0 Å². The molecule has 1 fully saturated rings. The van der Waals surface area contributed by atoms with Gasteiger partial charge in [0.25, 0.3) is 0 Å². The molecule has 6 heteroatoms. The van der Waals surface area contributed by atoms with Crippen LogP contribution in [-0.4, -0.2) is 41.3 Å². The SMILES string of the molecule is CCOCCn1cc(B2OC(C)(C)C(C)(C)O2)cn1. The Hall–Kier alpha value is -0.845. The Morgan fingerprint density at radius 1 is 1.26 bits per heavy atom. The topological polar surface area (TPSA) is 45.5 Å². The van der Waals surface area contributed by atoms with Gasteiger partial charge >= 0.3 is 7.12 Å². The minimum atomic E-state index is -0.342. The summed E-state index contributed by atoms with van der Waals surface area (Å²) in [6.45, 7) is 12.3. The number of hydrogen-bond acceptors (Lipinski definition) is 4. The van der Waals surface area contributed by atoms with Gasteiger partial charge in [-0.1, -0.05) is 0 Å². The van der Waals surface area contributed by atoms with Gasteiger partial charge in [-0.05, 0) is 34.6 Å². The Labute approximate surface area is 115 Å². The molecule has 0 aliphatic carbocycles. The van der Waals surface area contributed by atoms with Gasteiger partial charge in [0.2, 0.25) is 0 Å². The molecule has 1 aromatic heterocycles. The molecule has 1 aliphatic heterocycles. The van der Waals surface area contributed by atoms with Crippen molar-refractivity contribution in [2.45, 2.75) is 52.4 Å². The summed E-state index contributed by atoms with van der Waals surface area (Å²) in [6.07, 6.45) is 3.76. The number of ether oxygens (including phenoxy) is 1. The zero-order valence-electron chi connectivity index (χ0n) is 12.5. The Morgan fingerprint density at radius 2 is 1.89 bits per heavy atom. The molecule has 5 nitrogen and oxygen atoms in total. The lowest BCUT2D eigenvalue weighted by atomic mass is 9.82. The molecule has 0 N–H and O–H groups in total. The standard InChI is InChI=1S/C13H23BN2O3/c1-6-17-8-7-16-10-11(9-15-16)14-18-12(2,3)13(4,5)19-14/h9-10H,6-8H2,1-5H3. The second kappa shape index (κ2) is 5.27. The van der Waals surface area contributed by atoms with Crippen molar-refractivity contribution in [1.82, 2.24) is 9.78 Å². The summed E-state index contributed by atoms with van der Waals surface area (Å²) in [5.41, 5.74) is 0.325. The van der Waals surface area contributed by atoms with E-state index in [1.807, 2.05) is 45.5 Å². The second-order valence-electron chi connectivity index (χ2n) is 5.82. The van der Waals surface area contributed by atoms with E-state index in [1.54, 1.807) is 6.20 Å². The molecule has 0 atom stereocenters. The molecule has 0 saturated carbocycles. The maximum absolute atomic E-state index is 5.98. The highest BCUT2D eigenvalue weighted by Gasteiger charge is 2.52. The third kappa shape index (κ3) is 3.01.